The van der Waals surface area contributed by atoms with Gasteiger partial charge in [0.1, 0.15) is 17.3 Å². The topological polar surface area (TPSA) is 75.4 Å². The molecule has 0 aliphatic heterocycles. The molecule has 6 heteroatoms. The average Bonchev–Trinajstić information content (AvgIpc) is 2.68. The number of hydrogen-bond donors (Lipinski definition) is 2. The normalized spacial score (nSPS) is 12.2. The molecule has 2 rings (SSSR count). The molecule has 0 spiro atoms. The highest BCUT2D eigenvalue weighted by molar-refractivity contribution is 5.94. The lowest BCUT2D eigenvalue weighted by molar-refractivity contribution is 0.0935. The van der Waals surface area contributed by atoms with Gasteiger partial charge in [-0.1, -0.05) is 5.16 Å². The van der Waals surface area contributed by atoms with Gasteiger partial charge in [0.2, 0.25) is 0 Å². The molecular weight excluding hydrogens is 263 g/mol. The molecule has 0 fully saturated rings. The van der Waals surface area contributed by atoms with Crippen molar-refractivity contribution in [2.75, 3.05) is 0 Å². The Morgan fingerprint density at radius 3 is 2.70 bits per heavy atom. The maximum atomic E-state index is 13.6. The van der Waals surface area contributed by atoms with Gasteiger partial charge in [0.15, 0.2) is 0 Å². The minimum Gasteiger partial charge on any atom is -0.508 e. The summed E-state index contributed by atoms with van der Waals surface area (Å²) in [6.45, 7) is 5.29. The van der Waals surface area contributed by atoms with Crippen LogP contribution in [0.25, 0.3) is 0 Å². The number of nitrogens with zero attached hydrogens (tertiary/aromatic N) is 1. The Balaban J connectivity index is 2.19. The van der Waals surface area contributed by atoms with E-state index in [1.54, 1.807) is 20.8 Å². The second-order valence-electron chi connectivity index (χ2n) is 4.60. The van der Waals surface area contributed by atoms with Crippen molar-refractivity contribution in [2.24, 2.45) is 0 Å². The number of nitrogens with one attached hydrogen (secondary N) is 1. The van der Waals surface area contributed by atoms with Crippen molar-refractivity contribution in [2.45, 2.75) is 26.8 Å². The van der Waals surface area contributed by atoms with Crippen LogP contribution >= 0.6 is 0 Å². The van der Waals surface area contributed by atoms with Crippen LogP contribution in [0.4, 0.5) is 4.39 Å². The van der Waals surface area contributed by atoms with E-state index in [-0.39, 0.29) is 17.4 Å². The first-order chi connectivity index (χ1) is 9.40. The molecule has 1 unspecified atom stereocenters. The molecule has 0 saturated heterocycles. The zero-order valence-corrected chi connectivity index (χ0v) is 11.4. The summed E-state index contributed by atoms with van der Waals surface area (Å²) in [6.07, 6.45) is 0. The Morgan fingerprint density at radius 1 is 1.45 bits per heavy atom. The van der Waals surface area contributed by atoms with E-state index in [0.717, 1.165) is 11.6 Å². The van der Waals surface area contributed by atoms with Gasteiger partial charge in [-0.2, -0.15) is 0 Å². The molecule has 1 aromatic heterocycles. The van der Waals surface area contributed by atoms with Crippen LogP contribution in [-0.2, 0) is 0 Å². The van der Waals surface area contributed by atoms with Crippen LogP contribution in [0.2, 0.25) is 0 Å². The third-order valence-electron chi connectivity index (χ3n) is 3.07. The third kappa shape index (κ3) is 2.64. The fourth-order valence-electron chi connectivity index (χ4n) is 2.14. The minimum atomic E-state index is -0.770. The van der Waals surface area contributed by atoms with E-state index in [1.165, 1.54) is 12.1 Å². The minimum absolute atomic E-state index is 0.124. The molecule has 0 radical (unpaired) electrons. The summed E-state index contributed by atoms with van der Waals surface area (Å²) in [5.41, 5.74) is 1.33. The van der Waals surface area contributed by atoms with Gasteiger partial charge in [-0.25, -0.2) is 4.39 Å². The number of carbonyl (C=O) groups excluding carboxylic acids is 1. The monoisotopic (exact) mass is 278 g/mol. The zero-order valence-electron chi connectivity index (χ0n) is 11.4. The van der Waals surface area contributed by atoms with Gasteiger partial charge in [-0.3, -0.25) is 4.79 Å². The van der Waals surface area contributed by atoms with Gasteiger partial charge >= 0.3 is 0 Å². The zero-order chi connectivity index (χ0) is 14.9. The number of hydrogen-bond acceptors (Lipinski definition) is 4. The molecule has 5 nitrogen and oxygen atoms in total. The summed E-state index contributed by atoms with van der Waals surface area (Å²) in [4.78, 5) is 12.0. The van der Waals surface area contributed by atoms with Gasteiger partial charge in [-0.15, -0.1) is 0 Å². The van der Waals surface area contributed by atoms with Crippen molar-refractivity contribution in [3.63, 3.8) is 0 Å². The fourth-order valence-corrected chi connectivity index (χ4v) is 2.14. The molecular formula is C14H15FN2O3. The number of benzene rings is 1. The second kappa shape index (κ2) is 5.32. The van der Waals surface area contributed by atoms with Crippen molar-refractivity contribution >= 4 is 5.91 Å². The second-order valence-corrected chi connectivity index (χ2v) is 4.60. The molecule has 1 aromatic carbocycles. The number of halogens is 1. The van der Waals surface area contributed by atoms with E-state index < -0.39 is 11.7 Å². The molecule has 0 bridgehead atoms. The van der Waals surface area contributed by atoms with Crippen molar-refractivity contribution < 1.29 is 18.8 Å². The fraction of sp³-hybridized carbons (Fsp3) is 0.286. The Morgan fingerprint density at radius 2 is 2.15 bits per heavy atom. The van der Waals surface area contributed by atoms with Crippen molar-refractivity contribution in [3.05, 3.63) is 46.6 Å². The summed E-state index contributed by atoms with van der Waals surface area (Å²) < 4.78 is 18.6. The first-order valence-electron chi connectivity index (χ1n) is 6.12. The number of aromatic nitrogens is 1. The van der Waals surface area contributed by atoms with E-state index >= 15 is 0 Å². The molecule has 2 aromatic rings. The average molecular weight is 278 g/mol. The van der Waals surface area contributed by atoms with Crippen molar-refractivity contribution in [1.29, 1.82) is 0 Å². The highest BCUT2D eigenvalue weighted by Crippen LogP contribution is 2.22. The lowest BCUT2D eigenvalue weighted by atomic mass is 10.1. The molecule has 1 heterocycles. The summed E-state index contributed by atoms with van der Waals surface area (Å²) in [5.74, 6) is -0.942. The number of aryl methyl sites for hydroxylation is 2. The van der Waals surface area contributed by atoms with Crippen LogP contribution in [0.15, 0.2) is 22.7 Å². The third-order valence-corrected chi connectivity index (χ3v) is 3.07. The van der Waals surface area contributed by atoms with E-state index in [1.807, 2.05) is 0 Å². The number of amides is 1. The Bertz CT molecular complexity index is 632. The quantitative estimate of drug-likeness (QED) is 0.905. The first-order valence-corrected chi connectivity index (χ1v) is 6.12. The smallest absolute Gasteiger partial charge is 0.254 e. The molecule has 2 N–H and O–H groups in total. The molecule has 0 saturated carbocycles. The van der Waals surface area contributed by atoms with E-state index in [4.69, 9.17) is 9.63 Å². The number of rotatable bonds is 3. The van der Waals surface area contributed by atoms with Gasteiger partial charge in [0.25, 0.3) is 5.91 Å². The van der Waals surface area contributed by atoms with Gasteiger partial charge < -0.3 is 14.9 Å². The standard InChI is InChI=1S/C14H15FN2O3/c1-7(13-8(2)17-20-9(13)3)16-14(19)11-5-4-10(18)6-12(11)15/h4-7,18H,1-3H3,(H,16,19). The van der Waals surface area contributed by atoms with E-state index in [9.17, 15) is 9.18 Å². The summed E-state index contributed by atoms with van der Waals surface area (Å²) in [5, 5.41) is 15.6. The van der Waals surface area contributed by atoms with Gasteiger partial charge in [-0.05, 0) is 32.9 Å². The molecule has 106 valence electrons. The maximum absolute atomic E-state index is 13.6. The van der Waals surface area contributed by atoms with Crippen LogP contribution in [0, 0.1) is 19.7 Å². The lowest BCUT2D eigenvalue weighted by Gasteiger charge is -2.14. The highest BCUT2D eigenvalue weighted by atomic mass is 19.1. The van der Waals surface area contributed by atoms with Crippen molar-refractivity contribution in [3.8, 4) is 5.75 Å². The predicted molar refractivity (Wildman–Crippen MR) is 69.9 cm³/mol. The Hall–Kier alpha value is -2.37. The Kier molecular flexibility index (Phi) is 3.74. The summed E-state index contributed by atoms with van der Waals surface area (Å²) in [7, 11) is 0. The van der Waals surface area contributed by atoms with Crippen LogP contribution in [0.3, 0.4) is 0 Å². The van der Waals surface area contributed by atoms with Crippen LogP contribution in [-0.4, -0.2) is 16.2 Å². The number of phenols is 1. The number of phenolic OH excluding ortho intramolecular Hbond substituents is 1. The molecule has 1 amide bonds. The highest BCUT2D eigenvalue weighted by Gasteiger charge is 2.20. The van der Waals surface area contributed by atoms with Crippen LogP contribution in [0.1, 0.15) is 40.3 Å². The van der Waals surface area contributed by atoms with E-state index in [2.05, 4.69) is 10.5 Å². The number of carbonyl (C=O) groups is 1. The van der Waals surface area contributed by atoms with E-state index in [0.29, 0.717) is 11.5 Å². The predicted octanol–water partition coefficient (Wildman–Crippen LogP) is 2.63. The molecule has 1 atom stereocenters. The maximum Gasteiger partial charge on any atom is 0.254 e. The van der Waals surface area contributed by atoms with Crippen molar-refractivity contribution in [1.82, 2.24) is 10.5 Å². The van der Waals surface area contributed by atoms with Gasteiger partial charge in [0, 0.05) is 11.6 Å². The Labute approximate surface area is 115 Å². The SMILES string of the molecule is Cc1noc(C)c1C(C)NC(=O)c1ccc(O)cc1F. The number of aromatic hydroxyl groups is 1. The largest absolute Gasteiger partial charge is 0.508 e. The molecule has 0 aliphatic rings. The lowest BCUT2D eigenvalue weighted by Crippen LogP contribution is -2.28. The van der Waals surface area contributed by atoms with Crippen LogP contribution < -0.4 is 5.32 Å². The summed E-state index contributed by atoms with van der Waals surface area (Å²) in [6, 6.07) is 3.04. The van der Waals surface area contributed by atoms with Gasteiger partial charge in [0.05, 0.1) is 17.3 Å². The molecule has 20 heavy (non-hydrogen) atoms. The summed E-state index contributed by atoms with van der Waals surface area (Å²) >= 11 is 0. The first kappa shape index (κ1) is 14.0. The van der Waals surface area contributed by atoms with Crippen LogP contribution in [0.5, 0.6) is 5.75 Å². The molecule has 0 aliphatic carbocycles.